The molecule has 1 saturated heterocycles. The second-order valence-corrected chi connectivity index (χ2v) is 1.88. The quantitative estimate of drug-likeness (QED) is 0.539. The molecule has 0 unspecified atom stereocenters. The van der Waals surface area contributed by atoms with Crippen LogP contribution in [0.5, 0.6) is 0 Å². The first kappa shape index (κ1) is 6.99. The highest BCUT2D eigenvalue weighted by atomic mass is 17.2. The molecule has 0 atom stereocenters. The van der Waals surface area contributed by atoms with Crippen LogP contribution < -0.4 is 0 Å². The highest BCUT2D eigenvalue weighted by Crippen LogP contribution is 2.17. The molecule has 0 amide bonds. The minimum absolute atomic E-state index is 0.622. The van der Waals surface area contributed by atoms with Gasteiger partial charge in [0.25, 0.3) is 6.29 Å². The van der Waals surface area contributed by atoms with E-state index < -0.39 is 0 Å². The largest absolute Gasteiger partial charge is 0.343 e. The Morgan fingerprint density at radius 1 is 1.67 bits per heavy atom. The molecule has 1 heterocycles. The van der Waals surface area contributed by atoms with E-state index in [4.69, 9.17) is 4.74 Å². The molecule has 0 saturated carbocycles. The summed E-state index contributed by atoms with van der Waals surface area (Å²) in [6, 6.07) is 0. The Balaban J connectivity index is 1.98. The smallest absolute Gasteiger partial charge is 0.261 e. The molecular weight excluding hydrogens is 120 g/mol. The second-order valence-electron chi connectivity index (χ2n) is 1.88. The zero-order valence-corrected chi connectivity index (χ0v) is 5.55. The minimum atomic E-state index is 0.622. The number of ether oxygens (including phenoxy) is 1. The van der Waals surface area contributed by atoms with E-state index in [0.717, 1.165) is 19.4 Å². The van der Waals surface area contributed by atoms with Crippen LogP contribution in [-0.2, 0) is 14.5 Å². The lowest BCUT2D eigenvalue weighted by molar-refractivity contribution is -0.281. The van der Waals surface area contributed by atoms with Gasteiger partial charge in [-0.1, -0.05) is 6.92 Å². The maximum atomic E-state index is 5.12. The molecule has 0 aromatic rings. The van der Waals surface area contributed by atoms with E-state index in [9.17, 15) is 0 Å². The van der Waals surface area contributed by atoms with Gasteiger partial charge in [-0.2, -0.15) is 4.89 Å². The van der Waals surface area contributed by atoms with Crippen LogP contribution >= 0.6 is 0 Å². The van der Waals surface area contributed by atoms with E-state index in [1.807, 2.05) is 0 Å². The Hall–Kier alpha value is -0.120. The summed E-state index contributed by atoms with van der Waals surface area (Å²) in [5.41, 5.74) is 0. The molecule has 1 radical (unpaired) electrons. The average molecular weight is 131 g/mol. The summed E-state index contributed by atoms with van der Waals surface area (Å²) in [6.07, 6.45) is 2.41. The van der Waals surface area contributed by atoms with Crippen LogP contribution in [-0.4, -0.2) is 13.2 Å². The first-order chi connectivity index (χ1) is 4.43. The van der Waals surface area contributed by atoms with Crippen LogP contribution in [0.1, 0.15) is 19.8 Å². The maximum absolute atomic E-state index is 5.12. The Labute approximate surface area is 54.8 Å². The fourth-order valence-electron chi connectivity index (χ4n) is 0.586. The summed E-state index contributed by atoms with van der Waals surface area (Å²) >= 11 is 0. The van der Waals surface area contributed by atoms with Gasteiger partial charge < -0.3 is 4.74 Å². The van der Waals surface area contributed by atoms with Gasteiger partial charge in [0, 0.05) is 6.42 Å². The van der Waals surface area contributed by atoms with Crippen molar-refractivity contribution < 1.29 is 14.5 Å². The third-order valence-corrected chi connectivity index (χ3v) is 1.01. The predicted molar refractivity (Wildman–Crippen MR) is 31.1 cm³/mol. The molecule has 0 N–H and O–H groups in total. The minimum Gasteiger partial charge on any atom is -0.343 e. The van der Waals surface area contributed by atoms with Crippen molar-refractivity contribution in [1.29, 1.82) is 0 Å². The molecule has 1 aliphatic rings. The van der Waals surface area contributed by atoms with Gasteiger partial charge in [-0.25, -0.2) is 4.89 Å². The summed E-state index contributed by atoms with van der Waals surface area (Å²) in [5.74, 6) is 0. The van der Waals surface area contributed by atoms with Crippen molar-refractivity contribution in [3.05, 3.63) is 6.29 Å². The van der Waals surface area contributed by atoms with Crippen LogP contribution in [0.4, 0.5) is 0 Å². The Kier molecular flexibility index (Phi) is 2.97. The molecule has 0 aliphatic carbocycles. The van der Waals surface area contributed by atoms with E-state index in [-0.39, 0.29) is 0 Å². The molecule has 1 aliphatic heterocycles. The monoisotopic (exact) mass is 131 g/mol. The van der Waals surface area contributed by atoms with Crippen LogP contribution in [0.3, 0.4) is 0 Å². The van der Waals surface area contributed by atoms with Crippen LogP contribution in [0, 0.1) is 6.29 Å². The van der Waals surface area contributed by atoms with Crippen molar-refractivity contribution >= 4 is 0 Å². The van der Waals surface area contributed by atoms with Gasteiger partial charge in [0.2, 0.25) is 0 Å². The number of hydrogen-bond acceptors (Lipinski definition) is 3. The Morgan fingerprint density at radius 2 is 2.56 bits per heavy atom. The van der Waals surface area contributed by atoms with Crippen molar-refractivity contribution in [3.63, 3.8) is 0 Å². The van der Waals surface area contributed by atoms with Crippen LogP contribution in [0.2, 0.25) is 0 Å². The molecule has 53 valence electrons. The van der Waals surface area contributed by atoms with Crippen molar-refractivity contribution in [2.75, 3.05) is 13.2 Å². The Bertz CT molecular complexity index is 68.7. The van der Waals surface area contributed by atoms with E-state index in [1.165, 1.54) is 0 Å². The van der Waals surface area contributed by atoms with Crippen molar-refractivity contribution in [2.45, 2.75) is 19.8 Å². The van der Waals surface area contributed by atoms with Gasteiger partial charge in [-0.3, -0.25) is 0 Å². The number of hydrogen-bond donors (Lipinski definition) is 0. The fourth-order valence-corrected chi connectivity index (χ4v) is 0.586. The van der Waals surface area contributed by atoms with Crippen molar-refractivity contribution in [2.24, 2.45) is 0 Å². The molecule has 3 heteroatoms. The zero-order valence-electron chi connectivity index (χ0n) is 5.55. The SMILES string of the molecule is CCCO[C]1CCOO1. The third kappa shape index (κ3) is 2.30. The third-order valence-electron chi connectivity index (χ3n) is 1.01. The Morgan fingerprint density at radius 3 is 3.11 bits per heavy atom. The summed E-state index contributed by atoms with van der Waals surface area (Å²) in [7, 11) is 0. The zero-order chi connectivity index (χ0) is 6.53. The summed E-state index contributed by atoms with van der Waals surface area (Å²) < 4.78 is 5.12. The molecule has 0 spiro atoms. The lowest BCUT2D eigenvalue weighted by Crippen LogP contribution is -2.00. The number of rotatable bonds is 3. The fraction of sp³-hybridized carbons (Fsp3) is 0.833. The maximum Gasteiger partial charge on any atom is 0.261 e. The topological polar surface area (TPSA) is 27.7 Å². The van der Waals surface area contributed by atoms with Crippen LogP contribution in [0.25, 0.3) is 0 Å². The molecule has 0 aromatic carbocycles. The normalized spacial score (nSPS) is 21.0. The van der Waals surface area contributed by atoms with Gasteiger partial charge in [0.1, 0.15) is 0 Å². The first-order valence-electron chi connectivity index (χ1n) is 3.21. The predicted octanol–water partition coefficient (Wildman–Crippen LogP) is 1.25. The molecule has 3 nitrogen and oxygen atoms in total. The van der Waals surface area contributed by atoms with E-state index >= 15 is 0 Å². The molecule has 1 rings (SSSR count). The van der Waals surface area contributed by atoms with E-state index in [0.29, 0.717) is 12.9 Å². The molecule has 0 bridgehead atoms. The molecule has 0 aromatic heterocycles. The van der Waals surface area contributed by atoms with Gasteiger partial charge in [-0.15, -0.1) is 0 Å². The lowest BCUT2D eigenvalue weighted by atomic mass is 10.4. The van der Waals surface area contributed by atoms with Crippen molar-refractivity contribution in [1.82, 2.24) is 0 Å². The van der Waals surface area contributed by atoms with Gasteiger partial charge in [-0.05, 0) is 6.42 Å². The van der Waals surface area contributed by atoms with Gasteiger partial charge in [0.05, 0.1) is 13.2 Å². The average Bonchev–Trinajstić information content (AvgIpc) is 2.34. The summed E-state index contributed by atoms with van der Waals surface area (Å²) in [6.45, 7) is 3.40. The molecule has 9 heavy (non-hydrogen) atoms. The molecule has 1 fully saturated rings. The van der Waals surface area contributed by atoms with E-state index in [2.05, 4.69) is 16.7 Å². The highest BCUT2D eigenvalue weighted by molar-refractivity contribution is 4.65. The van der Waals surface area contributed by atoms with E-state index in [1.54, 1.807) is 0 Å². The van der Waals surface area contributed by atoms with Crippen LogP contribution in [0.15, 0.2) is 0 Å². The molecular formula is C6H11O3. The highest BCUT2D eigenvalue weighted by Gasteiger charge is 2.18. The van der Waals surface area contributed by atoms with Gasteiger partial charge in [0.15, 0.2) is 0 Å². The lowest BCUT2D eigenvalue weighted by Gasteiger charge is -2.03. The standard InChI is InChI=1S/C6H11O3/c1-2-4-7-6-3-5-8-9-6/h2-5H2,1H3. The van der Waals surface area contributed by atoms with Gasteiger partial charge >= 0.3 is 0 Å². The van der Waals surface area contributed by atoms with Crippen molar-refractivity contribution in [3.8, 4) is 0 Å². The first-order valence-corrected chi connectivity index (χ1v) is 3.21. The summed E-state index contributed by atoms with van der Waals surface area (Å²) in [4.78, 5) is 9.24. The second kappa shape index (κ2) is 3.82. The summed E-state index contributed by atoms with van der Waals surface area (Å²) in [5, 5.41) is 0.